The lowest BCUT2D eigenvalue weighted by atomic mass is 10.1. The second-order valence-corrected chi connectivity index (χ2v) is 4.39. The molecule has 0 aliphatic heterocycles. The van der Waals surface area contributed by atoms with Crippen LogP contribution in [-0.2, 0) is 6.42 Å². The minimum Gasteiger partial charge on any atom is -0.478 e. The number of pyridine rings is 1. The highest BCUT2D eigenvalue weighted by Crippen LogP contribution is 2.15. The van der Waals surface area contributed by atoms with Gasteiger partial charge in [-0.3, -0.25) is 4.98 Å². The summed E-state index contributed by atoms with van der Waals surface area (Å²) in [6.45, 7) is 0.814. The molecule has 1 heterocycles. The van der Waals surface area contributed by atoms with Crippen LogP contribution in [0.15, 0.2) is 48.8 Å². The minimum absolute atomic E-state index is 0.311. The van der Waals surface area contributed by atoms with Gasteiger partial charge in [0.25, 0.3) is 0 Å². The van der Waals surface area contributed by atoms with Gasteiger partial charge in [-0.15, -0.1) is 0 Å². The molecule has 1 N–H and O–H groups in total. The number of rotatable bonds is 5. The summed E-state index contributed by atoms with van der Waals surface area (Å²) in [6.07, 6.45) is 4.48. The number of carbonyl (C=O) groups is 1. The summed E-state index contributed by atoms with van der Waals surface area (Å²) in [7, 11) is 1.96. The zero-order chi connectivity index (χ0) is 13.7. The van der Waals surface area contributed by atoms with Crippen LogP contribution in [0.1, 0.15) is 15.9 Å². The molecule has 4 heteroatoms. The van der Waals surface area contributed by atoms with Gasteiger partial charge in [-0.2, -0.15) is 0 Å². The lowest BCUT2D eigenvalue weighted by molar-refractivity contribution is 0.0697. The average molecular weight is 256 g/mol. The Kier molecular flexibility index (Phi) is 4.13. The van der Waals surface area contributed by atoms with Gasteiger partial charge in [0, 0.05) is 31.7 Å². The van der Waals surface area contributed by atoms with E-state index in [9.17, 15) is 4.79 Å². The standard InChI is InChI=1S/C15H16N2O2/c1-17(9-7-12-4-3-8-16-11-12)14-6-2-5-13(10-14)15(18)19/h2-6,8,10-11H,7,9H2,1H3,(H,18,19). The molecule has 0 aliphatic carbocycles. The highest BCUT2D eigenvalue weighted by Gasteiger charge is 2.06. The Bertz CT molecular complexity index is 555. The average Bonchev–Trinajstić information content (AvgIpc) is 2.46. The van der Waals surface area contributed by atoms with Gasteiger partial charge < -0.3 is 10.0 Å². The normalized spacial score (nSPS) is 10.2. The third-order valence-electron chi connectivity index (χ3n) is 2.99. The first-order chi connectivity index (χ1) is 9.16. The summed E-state index contributed by atoms with van der Waals surface area (Å²) < 4.78 is 0. The van der Waals surface area contributed by atoms with E-state index in [0.29, 0.717) is 5.56 Å². The molecule has 0 aliphatic rings. The summed E-state index contributed by atoms with van der Waals surface area (Å²) in [6, 6.07) is 10.9. The van der Waals surface area contributed by atoms with E-state index >= 15 is 0 Å². The van der Waals surface area contributed by atoms with Crippen molar-refractivity contribution in [3.63, 3.8) is 0 Å². The first-order valence-electron chi connectivity index (χ1n) is 6.10. The molecule has 2 rings (SSSR count). The number of hydrogen-bond donors (Lipinski definition) is 1. The van der Waals surface area contributed by atoms with E-state index in [4.69, 9.17) is 5.11 Å². The number of anilines is 1. The van der Waals surface area contributed by atoms with Crippen LogP contribution in [-0.4, -0.2) is 29.7 Å². The Morgan fingerprint density at radius 3 is 2.84 bits per heavy atom. The molecule has 19 heavy (non-hydrogen) atoms. The number of aromatic nitrogens is 1. The quantitative estimate of drug-likeness (QED) is 0.892. The van der Waals surface area contributed by atoms with Crippen molar-refractivity contribution < 1.29 is 9.90 Å². The molecular weight excluding hydrogens is 240 g/mol. The maximum atomic E-state index is 10.9. The van der Waals surface area contributed by atoms with Crippen LogP contribution in [0.25, 0.3) is 0 Å². The fraction of sp³-hybridized carbons (Fsp3) is 0.200. The van der Waals surface area contributed by atoms with Crippen LogP contribution in [0, 0.1) is 0 Å². The molecular formula is C15H16N2O2. The van der Waals surface area contributed by atoms with Crippen LogP contribution < -0.4 is 4.90 Å². The summed E-state index contributed by atoms with van der Waals surface area (Å²) in [5.41, 5.74) is 2.39. The van der Waals surface area contributed by atoms with Crippen molar-refractivity contribution in [3.8, 4) is 0 Å². The number of aromatic carboxylic acids is 1. The molecule has 0 saturated heterocycles. The Balaban J connectivity index is 2.02. The molecule has 0 spiro atoms. The van der Waals surface area contributed by atoms with Crippen molar-refractivity contribution >= 4 is 11.7 Å². The molecule has 0 fully saturated rings. The van der Waals surface area contributed by atoms with Crippen molar-refractivity contribution in [1.29, 1.82) is 0 Å². The van der Waals surface area contributed by atoms with Gasteiger partial charge >= 0.3 is 5.97 Å². The fourth-order valence-electron chi connectivity index (χ4n) is 1.85. The number of carboxylic acids is 1. The van der Waals surface area contributed by atoms with Crippen LogP contribution in [0.2, 0.25) is 0 Å². The maximum Gasteiger partial charge on any atom is 0.335 e. The molecule has 0 saturated carbocycles. The molecule has 4 nitrogen and oxygen atoms in total. The number of hydrogen-bond acceptors (Lipinski definition) is 3. The minimum atomic E-state index is -0.900. The van der Waals surface area contributed by atoms with Gasteiger partial charge in [0.15, 0.2) is 0 Å². The summed E-state index contributed by atoms with van der Waals surface area (Å²) in [5.74, 6) is -0.900. The summed E-state index contributed by atoms with van der Waals surface area (Å²) >= 11 is 0. The van der Waals surface area contributed by atoms with Crippen LogP contribution in [0.3, 0.4) is 0 Å². The van der Waals surface area contributed by atoms with E-state index < -0.39 is 5.97 Å². The summed E-state index contributed by atoms with van der Waals surface area (Å²) in [4.78, 5) is 17.0. The lowest BCUT2D eigenvalue weighted by Crippen LogP contribution is -2.20. The van der Waals surface area contributed by atoms with Gasteiger partial charge in [-0.1, -0.05) is 12.1 Å². The second kappa shape index (κ2) is 6.00. The zero-order valence-corrected chi connectivity index (χ0v) is 10.8. The SMILES string of the molecule is CN(CCc1cccnc1)c1cccc(C(=O)O)c1. The molecule has 2 aromatic rings. The van der Waals surface area contributed by atoms with Crippen molar-refractivity contribution in [2.24, 2.45) is 0 Å². The van der Waals surface area contributed by atoms with Crippen LogP contribution >= 0.6 is 0 Å². The molecule has 1 aromatic heterocycles. The Morgan fingerprint density at radius 2 is 2.16 bits per heavy atom. The van der Waals surface area contributed by atoms with E-state index in [1.54, 1.807) is 24.4 Å². The monoisotopic (exact) mass is 256 g/mol. The van der Waals surface area contributed by atoms with Gasteiger partial charge in [-0.05, 0) is 36.2 Å². The number of carboxylic acid groups (broad SMARTS) is 1. The first kappa shape index (κ1) is 13.1. The molecule has 0 unspecified atom stereocenters. The molecule has 1 aromatic carbocycles. The van der Waals surface area contributed by atoms with Crippen LogP contribution in [0.4, 0.5) is 5.69 Å². The Morgan fingerprint density at radius 1 is 1.32 bits per heavy atom. The number of nitrogens with zero attached hydrogens (tertiary/aromatic N) is 2. The van der Waals surface area contributed by atoms with Crippen molar-refractivity contribution in [1.82, 2.24) is 4.98 Å². The van der Waals surface area contributed by atoms with E-state index in [1.807, 2.05) is 36.3 Å². The van der Waals surface area contributed by atoms with E-state index in [-0.39, 0.29) is 0 Å². The second-order valence-electron chi connectivity index (χ2n) is 4.39. The highest BCUT2D eigenvalue weighted by atomic mass is 16.4. The van der Waals surface area contributed by atoms with Crippen LogP contribution in [0.5, 0.6) is 0 Å². The topological polar surface area (TPSA) is 53.4 Å². The highest BCUT2D eigenvalue weighted by molar-refractivity contribution is 5.88. The first-order valence-corrected chi connectivity index (χ1v) is 6.10. The largest absolute Gasteiger partial charge is 0.478 e. The maximum absolute atomic E-state index is 10.9. The van der Waals surface area contributed by atoms with E-state index in [1.165, 1.54) is 5.56 Å². The lowest BCUT2D eigenvalue weighted by Gasteiger charge is -2.19. The summed E-state index contributed by atoms with van der Waals surface area (Å²) in [5, 5.41) is 8.97. The Hall–Kier alpha value is -2.36. The fourth-order valence-corrected chi connectivity index (χ4v) is 1.85. The van der Waals surface area contributed by atoms with Gasteiger partial charge in [0.05, 0.1) is 5.56 Å². The molecule has 0 amide bonds. The predicted molar refractivity (Wildman–Crippen MR) is 74.6 cm³/mol. The smallest absolute Gasteiger partial charge is 0.335 e. The van der Waals surface area contributed by atoms with Gasteiger partial charge in [0.2, 0.25) is 0 Å². The van der Waals surface area contributed by atoms with E-state index in [2.05, 4.69) is 4.98 Å². The van der Waals surface area contributed by atoms with Crippen molar-refractivity contribution in [3.05, 3.63) is 59.9 Å². The van der Waals surface area contributed by atoms with Gasteiger partial charge in [-0.25, -0.2) is 4.79 Å². The third kappa shape index (κ3) is 3.55. The molecule has 98 valence electrons. The predicted octanol–water partition coefficient (Wildman–Crippen LogP) is 2.46. The Labute approximate surface area is 112 Å². The van der Waals surface area contributed by atoms with Gasteiger partial charge in [0.1, 0.15) is 0 Å². The number of benzene rings is 1. The zero-order valence-electron chi connectivity index (χ0n) is 10.8. The molecule has 0 atom stereocenters. The van der Waals surface area contributed by atoms with E-state index in [0.717, 1.165) is 18.7 Å². The molecule has 0 radical (unpaired) electrons. The third-order valence-corrected chi connectivity index (χ3v) is 2.99. The van der Waals surface area contributed by atoms with Crippen molar-refractivity contribution in [2.45, 2.75) is 6.42 Å². The van der Waals surface area contributed by atoms with Crippen molar-refractivity contribution in [2.75, 3.05) is 18.5 Å². The number of likely N-dealkylation sites (N-methyl/N-ethyl adjacent to an activating group) is 1. The molecule has 0 bridgehead atoms.